The quantitative estimate of drug-likeness (QED) is 0.504. The molecule has 148 valence electrons. The number of halogens is 1. The van der Waals surface area contributed by atoms with Gasteiger partial charge in [-0.25, -0.2) is 9.37 Å². The number of Topliss-reactive ketones (excluding diaryl/α,β-unsaturated/α-hetero) is 1. The average Bonchev–Trinajstić information content (AvgIpc) is 3.40. The monoisotopic (exact) mass is 399 g/mol. The minimum Gasteiger partial charge on any atom is -0.467 e. The van der Waals surface area contributed by atoms with Crippen LogP contribution < -0.4 is 5.32 Å². The molecule has 0 spiro atoms. The van der Waals surface area contributed by atoms with Crippen molar-refractivity contribution in [3.05, 3.63) is 95.3 Å². The van der Waals surface area contributed by atoms with Crippen molar-refractivity contribution < 1.29 is 13.6 Å². The van der Waals surface area contributed by atoms with Crippen LogP contribution in [0.25, 0.3) is 11.0 Å². The molecule has 0 bridgehead atoms. The van der Waals surface area contributed by atoms with Crippen LogP contribution in [0, 0.1) is 5.82 Å². The standard InChI is InChI=1S/C24H18FN3O2/c25-16-9-7-14(8-10-16)15-12-18-22(20(29)13-15)23(21-6-3-11-30-21)28-19-5-2-1-4-17(19)26-24(28)27-18/h1-11,15,23H,12-13H2,(H,26,27)/t15-,23-/m0/s1. The molecule has 3 heterocycles. The first-order valence-electron chi connectivity index (χ1n) is 9.98. The van der Waals surface area contributed by atoms with E-state index in [0.29, 0.717) is 24.6 Å². The molecular weight excluding hydrogens is 381 g/mol. The van der Waals surface area contributed by atoms with E-state index in [4.69, 9.17) is 9.40 Å². The van der Waals surface area contributed by atoms with Crippen molar-refractivity contribution in [1.29, 1.82) is 0 Å². The fourth-order valence-electron chi connectivity index (χ4n) is 4.71. The van der Waals surface area contributed by atoms with Crippen LogP contribution in [0.3, 0.4) is 0 Å². The zero-order valence-corrected chi connectivity index (χ0v) is 16.0. The van der Waals surface area contributed by atoms with Gasteiger partial charge in [0.05, 0.1) is 17.3 Å². The minimum atomic E-state index is -0.361. The number of benzene rings is 2. The van der Waals surface area contributed by atoms with Crippen LogP contribution in [0.1, 0.15) is 36.1 Å². The first-order valence-corrected chi connectivity index (χ1v) is 9.98. The molecular formula is C24H18FN3O2. The Labute approximate surface area is 171 Å². The molecule has 6 heteroatoms. The number of anilines is 1. The number of carbonyl (C=O) groups is 1. The fraction of sp³-hybridized carbons (Fsp3) is 0.167. The van der Waals surface area contributed by atoms with Gasteiger partial charge in [0.15, 0.2) is 5.78 Å². The smallest absolute Gasteiger partial charge is 0.209 e. The summed E-state index contributed by atoms with van der Waals surface area (Å²) in [6.45, 7) is 0. The van der Waals surface area contributed by atoms with Gasteiger partial charge in [-0.2, -0.15) is 0 Å². The first-order chi connectivity index (χ1) is 14.7. The van der Waals surface area contributed by atoms with Gasteiger partial charge in [-0.3, -0.25) is 9.36 Å². The Morgan fingerprint density at radius 1 is 1.03 bits per heavy atom. The summed E-state index contributed by atoms with van der Waals surface area (Å²) in [6, 6.07) is 17.7. The van der Waals surface area contributed by atoms with Crippen LogP contribution in [0.5, 0.6) is 0 Å². The number of para-hydroxylation sites is 2. The van der Waals surface area contributed by atoms with Gasteiger partial charge >= 0.3 is 0 Å². The molecule has 0 radical (unpaired) electrons. The highest BCUT2D eigenvalue weighted by Crippen LogP contribution is 2.45. The molecule has 30 heavy (non-hydrogen) atoms. The maximum atomic E-state index is 13.4. The van der Waals surface area contributed by atoms with Gasteiger partial charge in [-0.05, 0) is 54.3 Å². The van der Waals surface area contributed by atoms with E-state index in [2.05, 4.69) is 5.32 Å². The van der Waals surface area contributed by atoms with E-state index in [1.807, 2.05) is 41.0 Å². The van der Waals surface area contributed by atoms with Gasteiger partial charge < -0.3 is 9.73 Å². The number of furan rings is 1. The van der Waals surface area contributed by atoms with E-state index in [-0.39, 0.29) is 23.6 Å². The number of hydrogen-bond donors (Lipinski definition) is 1. The Morgan fingerprint density at radius 2 is 1.87 bits per heavy atom. The summed E-state index contributed by atoms with van der Waals surface area (Å²) in [6.07, 6.45) is 2.67. The molecule has 6 rings (SSSR count). The molecule has 2 aromatic carbocycles. The first kappa shape index (κ1) is 17.2. The predicted molar refractivity (Wildman–Crippen MR) is 111 cm³/mol. The number of nitrogens with zero attached hydrogens (tertiary/aromatic N) is 2. The number of hydrogen-bond acceptors (Lipinski definition) is 4. The Morgan fingerprint density at radius 3 is 2.67 bits per heavy atom. The minimum absolute atomic E-state index is 0.00229. The average molecular weight is 399 g/mol. The number of ketones is 1. The Bertz CT molecular complexity index is 1300. The van der Waals surface area contributed by atoms with E-state index >= 15 is 0 Å². The number of fused-ring (bicyclic) bond motifs is 3. The number of rotatable bonds is 2. The van der Waals surface area contributed by atoms with Gasteiger partial charge in [0, 0.05) is 17.7 Å². The maximum absolute atomic E-state index is 13.4. The summed E-state index contributed by atoms with van der Waals surface area (Å²) in [7, 11) is 0. The predicted octanol–water partition coefficient (Wildman–Crippen LogP) is 5.18. The third kappa shape index (κ3) is 2.53. The zero-order valence-electron chi connectivity index (χ0n) is 16.0. The van der Waals surface area contributed by atoms with E-state index in [0.717, 1.165) is 27.9 Å². The number of carbonyl (C=O) groups excluding carboxylic acids is 1. The maximum Gasteiger partial charge on any atom is 0.209 e. The highest BCUT2D eigenvalue weighted by Gasteiger charge is 2.40. The van der Waals surface area contributed by atoms with Crippen molar-refractivity contribution in [3.63, 3.8) is 0 Å². The van der Waals surface area contributed by atoms with Crippen molar-refractivity contribution in [2.75, 3.05) is 5.32 Å². The van der Waals surface area contributed by atoms with Gasteiger partial charge in [0.1, 0.15) is 17.6 Å². The summed E-state index contributed by atoms with van der Waals surface area (Å²) < 4.78 is 21.2. The molecule has 1 N–H and O–H groups in total. The topological polar surface area (TPSA) is 60.1 Å². The van der Waals surface area contributed by atoms with Gasteiger partial charge in [0.25, 0.3) is 0 Å². The summed E-state index contributed by atoms with van der Waals surface area (Å²) in [5.41, 5.74) is 4.36. The Hall–Kier alpha value is -3.67. The molecule has 1 aliphatic heterocycles. The van der Waals surface area contributed by atoms with Gasteiger partial charge in [-0.1, -0.05) is 24.3 Å². The summed E-state index contributed by atoms with van der Waals surface area (Å²) >= 11 is 0. The molecule has 4 aromatic rings. The van der Waals surface area contributed by atoms with Crippen LogP contribution in [0.15, 0.2) is 82.6 Å². The van der Waals surface area contributed by atoms with E-state index in [9.17, 15) is 9.18 Å². The number of allylic oxidation sites excluding steroid dienone is 2. The lowest BCUT2D eigenvalue weighted by molar-refractivity contribution is -0.116. The molecule has 0 saturated heterocycles. The summed E-state index contributed by atoms with van der Waals surface area (Å²) in [5.74, 6) is 1.20. The van der Waals surface area contributed by atoms with Crippen LogP contribution in [-0.2, 0) is 4.79 Å². The van der Waals surface area contributed by atoms with Crippen molar-refractivity contribution in [2.45, 2.75) is 24.8 Å². The zero-order chi connectivity index (χ0) is 20.2. The summed E-state index contributed by atoms with van der Waals surface area (Å²) in [5, 5.41) is 3.42. The fourth-order valence-corrected chi connectivity index (χ4v) is 4.71. The lowest BCUT2D eigenvalue weighted by Crippen LogP contribution is -2.32. The second-order valence-electron chi connectivity index (χ2n) is 7.81. The van der Waals surface area contributed by atoms with E-state index in [1.165, 1.54) is 12.1 Å². The second-order valence-corrected chi connectivity index (χ2v) is 7.81. The van der Waals surface area contributed by atoms with E-state index < -0.39 is 0 Å². The van der Waals surface area contributed by atoms with Gasteiger partial charge in [-0.15, -0.1) is 0 Å². The number of imidazole rings is 1. The molecule has 2 atom stereocenters. The van der Waals surface area contributed by atoms with Crippen molar-refractivity contribution in [2.24, 2.45) is 0 Å². The van der Waals surface area contributed by atoms with Crippen LogP contribution in [0.4, 0.5) is 10.3 Å². The third-order valence-electron chi connectivity index (χ3n) is 6.05. The lowest BCUT2D eigenvalue weighted by atomic mass is 9.78. The molecule has 2 aliphatic rings. The van der Waals surface area contributed by atoms with Crippen LogP contribution >= 0.6 is 0 Å². The van der Waals surface area contributed by atoms with Crippen molar-refractivity contribution >= 4 is 22.8 Å². The second kappa shape index (κ2) is 6.42. The normalized spacial score (nSPS) is 20.8. The Balaban J connectivity index is 1.50. The third-order valence-corrected chi connectivity index (χ3v) is 6.05. The Kier molecular flexibility index (Phi) is 3.68. The molecule has 0 amide bonds. The number of nitrogens with one attached hydrogen (secondary N) is 1. The molecule has 5 nitrogen and oxygen atoms in total. The van der Waals surface area contributed by atoms with E-state index in [1.54, 1.807) is 18.4 Å². The molecule has 0 fully saturated rings. The largest absolute Gasteiger partial charge is 0.467 e. The molecule has 2 aromatic heterocycles. The number of aromatic nitrogens is 2. The highest BCUT2D eigenvalue weighted by atomic mass is 19.1. The SMILES string of the molecule is O=C1C[C@@H](c2ccc(F)cc2)CC2=C1[C@H](c1ccco1)n1c(nc3ccccc31)N2. The summed E-state index contributed by atoms with van der Waals surface area (Å²) in [4.78, 5) is 18.2. The van der Waals surface area contributed by atoms with Gasteiger partial charge in [0.2, 0.25) is 5.95 Å². The lowest BCUT2D eigenvalue weighted by Gasteiger charge is -2.35. The highest BCUT2D eigenvalue weighted by molar-refractivity contribution is 6.00. The molecule has 0 unspecified atom stereocenters. The van der Waals surface area contributed by atoms with Crippen LogP contribution in [-0.4, -0.2) is 15.3 Å². The molecule has 0 saturated carbocycles. The van der Waals surface area contributed by atoms with Crippen LogP contribution in [0.2, 0.25) is 0 Å². The van der Waals surface area contributed by atoms with Crippen molar-refractivity contribution in [1.82, 2.24) is 9.55 Å². The van der Waals surface area contributed by atoms with Crippen molar-refractivity contribution in [3.8, 4) is 0 Å². The molecule has 1 aliphatic carbocycles.